The first-order valence-electron chi connectivity index (χ1n) is 1.72. The summed E-state index contributed by atoms with van der Waals surface area (Å²) >= 11 is 3.17. The Morgan fingerprint density at radius 2 is 2.50 bits per heavy atom. The van der Waals surface area contributed by atoms with Gasteiger partial charge in [0.25, 0.3) is 0 Å². The Balaban J connectivity index is 2.28. The van der Waals surface area contributed by atoms with Gasteiger partial charge in [0, 0.05) is 0 Å². The van der Waals surface area contributed by atoms with E-state index < -0.39 is 0 Å². The highest BCUT2D eigenvalue weighted by Gasteiger charge is 2.20. The third kappa shape index (κ3) is 0.544. The summed E-state index contributed by atoms with van der Waals surface area (Å²) in [5.41, 5.74) is 0. The lowest BCUT2D eigenvalue weighted by Crippen LogP contribution is -2.44. The van der Waals surface area contributed by atoms with Gasteiger partial charge >= 0.3 is 0 Å². The second-order valence-corrected chi connectivity index (χ2v) is 2.34. The smallest absolute Gasteiger partial charge is 0.223 e. The number of hydrogen-bond acceptors (Lipinski definition) is 1. The fourth-order valence-electron chi connectivity index (χ4n) is 0.316. The van der Waals surface area contributed by atoms with Gasteiger partial charge in [0.2, 0.25) is 5.91 Å². The van der Waals surface area contributed by atoms with Crippen LogP contribution in [-0.4, -0.2) is 10.9 Å². The number of amides is 1. The van der Waals surface area contributed by atoms with Crippen LogP contribution in [0.25, 0.3) is 0 Å². The number of hydrogen-bond donors (Lipinski definition) is 1. The maximum absolute atomic E-state index is 9.97. The van der Waals surface area contributed by atoms with Gasteiger partial charge in [-0.3, -0.25) is 4.79 Å². The molecule has 1 atom stereocenters. The lowest BCUT2D eigenvalue weighted by atomic mass is 10.3. The number of carbonyl (C=O) groups excluding carboxylic acids is 1. The molecule has 34 valence electrons. The second kappa shape index (κ2) is 1.22. The minimum atomic E-state index is 0.136. The zero-order valence-electron chi connectivity index (χ0n) is 3.07. The quantitative estimate of drug-likeness (QED) is 0.299. The minimum Gasteiger partial charge on any atom is -0.343 e. The molecule has 3 heteroatoms. The molecule has 0 unspecified atom stereocenters. The third-order valence-electron chi connectivity index (χ3n) is 0.682. The van der Waals surface area contributed by atoms with Crippen molar-refractivity contribution in [3.63, 3.8) is 0 Å². The van der Waals surface area contributed by atoms with Crippen molar-refractivity contribution in [2.75, 3.05) is 0 Å². The molecule has 1 N–H and O–H groups in total. The Morgan fingerprint density at radius 1 is 2.00 bits per heavy atom. The van der Waals surface area contributed by atoms with E-state index in [1.54, 1.807) is 0 Å². The summed E-state index contributed by atoms with van der Waals surface area (Å²) in [5, 5.41) is 2.58. The largest absolute Gasteiger partial charge is 0.343 e. The van der Waals surface area contributed by atoms with E-state index in [9.17, 15) is 4.79 Å². The number of nitrogens with one attached hydrogen (secondary N) is 1. The summed E-state index contributed by atoms with van der Waals surface area (Å²) in [6.45, 7) is 0. The van der Waals surface area contributed by atoms with Crippen LogP contribution in [0.5, 0.6) is 0 Å². The first-order valence-corrected chi connectivity index (χ1v) is 2.64. The Bertz CT molecular complexity index is 74.9. The third-order valence-corrected chi connectivity index (χ3v) is 1.23. The molecule has 0 aromatic heterocycles. The number of rotatable bonds is 0. The molecule has 1 heterocycles. The van der Waals surface area contributed by atoms with Crippen molar-refractivity contribution in [1.82, 2.24) is 5.32 Å². The molecule has 6 heavy (non-hydrogen) atoms. The summed E-state index contributed by atoms with van der Waals surface area (Å²) in [7, 11) is 0. The van der Waals surface area contributed by atoms with Crippen LogP contribution < -0.4 is 5.32 Å². The zero-order chi connectivity index (χ0) is 4.57. The Labute approximate surface area is 44.0 Å². The van der Waals surface area contributed by atoms with Crippen molar-refractivity contribution in [3.8, 4) is 0 Å². The monoisotopic (exact) mass is 149 g/mol. The van der Waals surface area contributed by atoms with Gasteiger partial charge in [-0.25, -0.2) is 0 Å². The van der Waals surface area contributed by atoms with E-state index in [1.165, 1.54) is 0 Å². The predicted molar refractivity (Wildman–Crippen MR) is 25.5 cm³/mol. The second-order valence-electron chi connectivity index (χ2n) is 1.24. The molecule has 0 saturated carbocycles. The van der Waals surface area contributed by atoms with E-state index in [4.69, 9.17) is 0 Å². The van der Waals surface area contributed by atoms with Gasteiger partial charge < -0.3 is 5.32 Å². The summed E-state index contributed by atoms with van der Waals surface area (Å²) < 4.78 is 0. The summed E-state index contributed by atoms with van der Waals surface area (Å²) in [5.74, 6) is 0.136. The molecule has 1 amide bonds. The zero-order valence-corrected chi connectivity index (χ0v) is 4.66. The van der Waals surface area contributed by atoms with Crippen molar-refractivity contribution in [2.24, 2.45) is 0 Å². The highest BCUT2D eigenvalue weighted by Crippen LogP contribution is 2.08. The fraction of sp³-hybridized carbons (Fsp3) is 0.667. The number of carbonyl (C=O) groups is 1. The molecule has 0 bridgehead atoms. The van der Waals surface area contributed by atoms with Crippen molar-refractivity contribution in [3.05, 3.63) is 0 Å². The van der Waals surface area contributed by atoms with Gasteiger partial charge in [-0.2, -0.15) is 0 Å². The maximum atomic E-state index is 9.97. The van der Waals surface area contributed by atoms with Crippen LogP contribution in [0.15, 0.2) is 0 Å². The maximum Gasteiger partial charge on any atom is 0.223 e. The van der Waals surface area contributed by atoms with Gasteiger partial charge in [0.05, 0.1) is 11.4 Å². The average molecular weight is 150 g/mol. The van der Waals surface area contributed by atoms with Crippen LogP contribution in [0.1, 0.15) is 6.42 Å². The highest BCUT2D eigenvalue weighted by atomic mass is 79.9. The molecule has 1 fully saturated rings. The Hall–Kier alpha value is -0.0500. The van der Waals surface area contributed by atoms with Crippen molar-refractivity contribution in [1.29, 1.82) is 0 Å². The molecule has 0 spiro atoms. The van der Waals surface area contributed by atoms with E-state index in [1.807, 2.05) is 0 Å². The molecular weight excluding hydrogens is 146 g/mol. The molecule has 1 aliphatic heterocycles. The Morgan fingerprint density at radius 3 is 2.50 bits per heavy atom. The van der Waals surface area contributed by atoms with E-state index in [0.717, 1.165) is 0 Å². The fourth-order valence-corrected chi connectivity index (χ4v) is 0.866. The molecule has 0 aromatic rings. The predicted octanol–water partition coefficient (Wildman–Crippen LogP) is 0.227. The molecular formula is C3H4BrNO. The van der Waals surface area contributed by atoms with Crippen LogP contribution in [0.4, 0.5) is 0 Å². The first-order chi connectivity index (χ1) is 2.79. The summed E-state index contributed by atoms with van der Waals surface area (Å²) in [6, 6.07) is 0. The van der Waals surface area contributed by atoms with Crippen molar-refractivity contribution < 1.29 is 4.79 Å². The lowest BCUT2D eigenvalue weighted by Gasteiger charge is -2.19. The van der Waals surface area contributed by atoms with E-state index in [2.05, 4.69) is 21.2 Å². The first kappa shape index (κ1) is 4.12. The number of halogens is 1. The molecule has 1 saturated heterocycles. The van der Waals surface area contributed by atoms with Gasteiger partial charge in [-0.1, -0.05) is 15.9 Å². The molecule has 0 radical (unpaired) electrons. The lowest BCUT2D eigenvalue weighted by molar-refractivity contribution is -0.126. The van der Waals surface area contributed by atoms with Crippen LogP contribution in [0, 0.1) is 0 Å². The molecule has 2 nitrogen and oxygen atoms in total. The standard InChI is InChI=1S/C3H4BrNO/c4-2-1-3(6)5-2/h2H,1H2,(H,5,6)/t2-/m0/s1. The normalized spacial score (nSPS) is 31.5. The molecule has 1 rings (SSSR count). The number of β-lactam (4-membered cyclic amide) rings is 1. The average Bonchev–Trinajstić information content (AvgIpc) is 1.33. The van der Waals surface area contributed by atoms with E-state index in [-0.39, 0.29) is 10.9 Å². The molecule has 0 aliphatic carbocycles. The van der Waals surface area contributed by atoms with Gasteiger partial charge in [-0.05, 0) is 0 Å². The Kier molecular flexibility index (Phi) is 0.839. The van der Waals surface area contributed by atoms with Crippen LogP contribution in [-0.2, 0) is 4.79 Å². The highest BCUT2D eigenvalue weighted by molar-refractivity contribution is 9.09. The number of alkyl halides is 1. The van der Waals surface area contributed by atoms with Crippen molar-refractivity contribution in [2.45, 2.75) is 11.4 Å². The van der Waals surface area contributed by atoms with Crippen LogP contribution in [0.2, 0.25) is 0 Å². The van der Waals surface area contributed by atoms with E-state index in [0.29, 0.717) is 6.42 Å². The summed E-state index contributed by atoms with van der Waals surface area (Å²) in [4.78, 5) is 10.2. The van der Waals surface area contributed by atoms with Gasteiger partial charge in [0.15, 0.2) is 0 Å². The topological polar surface area (TPSA) is 29.1 Å². The molecule has 1 aliphatic rings. The SMILES string of the molecule is O=C1C[C@@H](Br)N1. The summed E-state index contributed by atoms with van der Waals surface area (Å²) in [6.07, 6.45) is 0.639. The minimum absolute atomic E-state index is 0.136. The van der Waals surface area contributed by atoms with E-state index >= 15 is 0 Å². The van der Waals surface area contributed by atoms with Crippen LogP contribution in [0.3, 0.4) is 0 Å². The molecule has 0 aromatic carbocycles. The van der Waals surface area contributed by atoms with Crippen molar-refractivity contribution >= 4 is 21.8 Å². The van der Waals surface area contributed by atoms with Gasteiger partial charge in [-0.15, -0.1) is 0 Å². The van der Waals surface area contributed by atoms with Gasteiger partial charge in [0.1, 0.15) is 0 Å². The van der Waals surface area contributed by atoms with Crippen LogP contribution >= 0.6 is 15.9 Å².